The van der Waals surface area contributed by atoms with E-state index in [1.807, 2.05) is 0 Å². The molecule has 1 saturated carbocycles. The SMILES string of the molecule is COc1cc(Cl)c(S(=O)(=O)NC2CCCC2CN)cc1OC. The van der Waals surface area contributed by atoms with E-state index in [1.165, 1.54) is 26.4 Å². The Balaban J connectivity index is 2.33. The molecule has 0 radical (unpaired) electrons. The van der Waals surface area contributed by atoms with E-state index >= 15 is 0 Å². The molecule has 1 aromatic carbocycles. The van der Waals surface area contributed by atoms with Crippen LogP contribution in [-0.4, -0.2) is 35.2 Å². The van der Waals surface area contributed by atoms with Crippen molar-refractivity contribution in [3.8, 4) is 11.5 Å². The molecule has 0 amide bonds. The lowest BCUT2D eigenvalue weighted by molar-refractivity contribution is 0.354. The molecule has 6 nitrogen and oxygen atoms in total. The zero-order valence-corrected chi connectivity index (χ0v) is 14.2. The molecule has 1 aromatic rings. The van der Waals surface area contributed by atoms with Gasteiger partial charge in [0.25, 0.3) is 0 Å². The topological polar surface area (TPSA) is 90.7 Å². The fourth-order valence-electron chi connectivity index (χ4n) is 2.78. The monoisotopic (exact) mass is 348 g/mol. The standard InChI is InChI=1S/C14H21ClN2O4S/c1-20-12-6-10(15)14(7-13(12)21-2)22(18,19)17-11-5-3-4-9(11)8-16/h6-7,9,11,17H,3-5,8,16H2,1-2H3. The van der Waals surface area contributed by atoms with Crippen LogP contribution in [0.2, 0.25) is 5.02 Å². The van der Waals surface area contributed by atoms with Gasteiger partial charge in [-0.3, -0.25) is 0 Å². The third kappa shape index (κ3) is 3.48. The van der Waals surface area contributed by atoms with Crippen molar-refractivity contribution in [1.29, 1.82) is 0 Å². The van der Waals surface area contributed by atoms with Crippen LogP contribution in [0.4, 0.5) is 0 Å². The summed E-state index contributed by atoms with van der Waals surface area (Å²) in [4.78, 5) is -0.0190. The van der Waals surface area contributed by atoms with Crippen molar-refractivity contribution in [3.05, 3.63) is 17.2 Å². The van der Waals surface area contributed by atoms with Crippen LogP contribution in [0.25, 0.3) is 0 Å². The summed E-state index contributed by atoms with van der Waals surface area (Å²) in [5.74, 6) is 0.856. The predicted molar refractivity (Wildman–Crippen MR) is 85.1 cm³/mol. The van der Waals surface area contributed by atoms with Gasteiger partial charge in [-0.25, -0.2) is 13.1 Å². The van der Waals surface area contributed by atoms with Gasteiger partial charge < -0.3 is 15.2 Å². The van der Waals surface area contributed by atoms with Crippen LogP contribution in [0.5, 0.6) is 11.5 Å². The van der Waals surface area contributed by atoms with Crippen molar-refractivity contribution in [2.75, 3.05) is 20.8 Å². The minimum atomic E-state index is -3.75. The van der Waals surface area contributed by atoms with Gasteiger partial charge in [-0.15, -0.1) is 0 Å². The second-order valence-corrected chi connectivity index (χ2v) is 7.38. The smallest absolute Gasteiger partial charge is 0.242 e. The van der Waals surface area contributed by atoms with Crippen LogP contribution in [0, 0.1) is 5.92 Å². The van der Waals surface area contributed by atoms with E-state index in [9.17, 15) is 8.42 Å². The van der Waals surface area contributed by atoms with Crippen LogP contribution in [0.1, 0.15) is 19.3 Å². The number of benzene rings is 1. The lowest BCUT2D eigenvalue weighted by Gasteiger charge is -2.20. The Morgan fingerprint density at radius 3 is 2.50 bits per heavy atom. The molecule has 0 aromatic heterocycles. The average Bonchev–Trinajstić information content (AvgIpc) is 2.92. The van der Waals surface area contributed by atoms with E-state index in [0.29, 0.717) is 18.0 Å². The molecule has 0 bridgehead atoms. The van der Waals surface area contributed by atoms with Crippen LogP contribution in [-0.2, 0) is 10.0 Å². The maximum absolute atomic E-state index is 12.6. The summed E-state index contributed by atoms with van der Waals surface area (Å²) in [6, 6.07) is 2.65. The van der Waals surface area contributed by atoms with Crippen molar-refractivity contribution >= 4 is 21.6 Å². The number of nitrogens with one attached hydrogen (secondary N) is 1. The van der Waals surface area contributed by atoms with Gasteiger partial charge in [-0.1, -0.05) is 18.0 Å². The van der Waals surface area contributed by atoms with Crippen LogP contribution in [0.3, 0.4) is 0 Å². The van der Waals surface area contributed by atoms with E-state index < -0.39 is 10.0 Å². The summed E-state index contributed by atoms with van der Waals surface area (Å²) in [5.41, 5.74) is 5.70. The fourth-order valence-corrected chi connectivity index (χ4v) is 4.65. The average molecular weight is 349 g/mol. The maximum atomic E-state index is 12.6. The molecule has 1 fully saturated rings. The largest absolute Gasteiger partial charge is 0.493 e. The highest BCUT2D eigenvalue weighted by molar-refractivity contribution is 7.89. The van der Waals surface area contributed by atoms with Crippen LogP contribution < -0.4 is 19.9 Å². The highest BCUT2D eigenvalue weighted by Gasteiger charge is 2.31. The summed E-state index contributed by atoms with van der Waals surface area (Å²) in [6.45, 7) is 0.465. The quantitative estimate of drug-likeness (QED) is 0.817. The summed E-state index contributed by atoms with van der Waals surface area (Å²) < 4.78 is 38.2. The van der Waals surface area contributed by atoms with E-state index in [4.69, 9.17) is 26.8 Å². The van der Waals surface area contributed by atoms with Crippen LogP contribution >= 0.6 is 11.6 Å². The number of nitrogens with two attached hydrogens (primary N) is 1. The molecule has 2 atom stereocenters. The van der Waals surface area contributed by atoms with Gasteiger partial charge in [0.05, 0.1) is 19.2 Å². The molecule has 0 spiro atoms. The number of methoxy groups -OCH3 is 2. The Morgan fingerprint density at radius 1 is 1.27 bits per heavy atom. The van der Waals surface area contributed by atoms with Crippen molar-refractivity contribution in [2.24, 2.45) is 11.7 Å². The number of ether oxygens (including phenoxy) is 2. The minimum absolute atomic E-state index is 0.0190. The molecule has 8 heteroatoms. The molecule has 2 unspecified atom stereocenters. The normalized spacial score (nSPS) is 21.8. The Kier molecular flexibility index (Phi) is 5.55. The predicted octanol–water partition coefficient (Wildman–Crippen LogP) is 1.76. The van der Waals surface area contributed by atoms with Gasteiger partial charge in [0.15, 0.2) is 11.5 Å². The first-order valence-electron chi connectivity index (χ1n) is 7.07. The summed E-state index contributed by atoms with van der Waals surface area (Å²) >= 11 is 6.10. The van der Waals surface area contributed by atoms with Gasteiger partial charge in [0, 0.05) is 18.2 Å². The Hall–Kier alpha value is -1.02. The first kappa shape index (κ1) is 17.3. The highest BCUT2D eigenvalue weighted by atomic mass is 35.5. The van der Waals surface area contributed by atoms with Gasteiger partial charge in [0.1, 0.15) is 4.90 Å². The maximum Gasteiger partial charge on any atom is 0.242 e. The molecule has 1 aliphatic carbocycles. The fraction of sp³-hybridized carbons (Fsp3) is 0.571. The first-order valence-corrected chi connectivity index (χ1v) is 8.93. The Morgan fingerprint density at radius 2 is 1.91 bits per heavy atom. The number of rotatable bonds is 6. The number of hydrogen-bond donors (Lipinski definition) is 2. The van der Waals surface area contributed by atoms with Gasteiger partial charge in [-0.05, 0) is 25.3 Å². The summed E-state index contributed by atoms with van der Waals surface area (Å²) in [7, 11) is -0.843. The van der Waals surface area contributed by atoms with Gasteiger partial charge in [-0.2, -0.15) is 0 Å². The number of hydrogen-bond acceptors (Lipinski definition) is 5. The van der Waals surface area contributed by atoms with E-state index in [-0.39, 0.29) is 21.9 Å². The Bertz CT molecular complexity index is 636. The van der Waals surface area contributed by atoms with Crippen LogP contribution in [0.15, 0.2) is 17.0 Å². The highest BCUT2D eigenvalue weighted by Crippen LogP contribution is 2.36. The molecule has 0 heterocycles. The second kappa shape index (κ2) is 7.04. The summed E-state index contributed by atoms with van der Waals surface area (Å²) in [6.07, 6.45) is 2.68. The molecule has 22 heavy (non-hydrogen) atoms. The lowest BCUT2D eigenvalue weighted by Crippen LogP contribution is -2.39. The Labute approximate surface area is 136 Å². The van der Waals surface area contributed by atoms with E-state index in [1.54, 1.807) is 0 Å². The van der Waals surface area contributed by atoms with E-state index in [2.05, 4.69) is 4.72 Å². The molecular formula is C14H21ClN2O4S. The molecule has 124 valence electrons. The molecular weight excluding hydrogens is 328 g/mol. The molecule has 0 saturated heterocycles. The van der Waals surface area contributed by atoms with Crippen molar-refractivity contribution in [1.82, 2.24) is 4.72 Å². The first-order chi connectivity index (χ1) is 10.4. The lowest BCUT2D eigenvalue weighted by atomic mass is 10.1. The van der Waals surface area contributed by atoms with Gasteiger partial charge >= 0.3 is 0 Å². The molecule has 3 N–H and O–H groups in total. The third-order valence-corrected chi connectivity index (χ3v) is 5.95. The molecule has 0 aliphatic heterocycles. The zero-order chi connectivity index (χ0) is 16.3. The van der Waals surface area contributed by atoms with Gasteiger partial charge in [0.2, 0.25) is 10.0 Å². The molecule has 2 rings (SSSR count). The zero-order valence-electron chi connectivity index (χ0n) is 12.6. The number of halogens is 1. The van der Waals surface area contributed by atoms with Crippen molar-refractivity contribution in [2.45, 2.75) is 30.2 Å². The van der Waals surface area contributed by atoms with Crippen molar-refractivity contribution in [3.63, 3.8) is 0 Å². The third-order valence-electron chi connectivity index (χ3n) is 4.00. The summed E-state index contributed by atoms with van der Waals surface area (Å²) in [5, 5.41) is 0.0902. The van der Waals surface area contributed by atoms with Crippen molar-refractivity contribution < 1.29 is 17.9 Å². The van der Waals surface area contributed by atoms with E-state index in [0.717, 1.165) is 19.3 Å². The molecule has 1 aliphatic rings. The number of sulfonamides is 1. The minimum Gasteiger partial charge on any atom is -0.493 e. The second-order valence-electron chi connectivity index (χ2n) is 5.29.